The Kier molecular flexibility index (Phi) is 28.9. The Hall–Kier alpha value is -3.68. The highest BCUT2D eigenvalue weighted by Crippen LogP contribution is 2.36. The second-order valence-electron chi connectivity index (χ2n) is 16.3. The number of benzene rings is 2. The van der Waals surface area contributed by atoms with Crippen LogP contribution in [0.15, 0.2) is 42.5 Å². The second kappa shape index (κ2) is 33.1. The number of carbonyl (C=O) groups excluding carboxylic acids is 4. The van der Waals surface area contributed by atoms with Crippen molar-refractivity contribution in [2.24, 2.45) is 5.92 Å². The molecule has 0 heterocycles. The molecule has 0 amide bonds. The maximum Gasteiger partial charge on any atom is 0.339 e. The molecule has 0 aliphatic carbocycles. The number of rotatable bonds is 35. The van der Waals surface area contributed by atoms with E-state index < -0.39 is 35.7 Å². The largest absolute Gasteiger partial charge is 0.465 e. The molecule has 0 N–H and O–H groups in total. The van der Waals surface area contributed by atoms with Crippen molar-refractivity contribution < 1.29 is 38.1 Å². The first kappa shape index (κ1) is 51.5. The molecule has 0 aliphatic heterocycles. The number of hydrogen-bond acceptors (Lipinski definition) is 8. The lowest BCUT2D eigenvalue weighted by molar-refractivity contribution is -0.156. The standard InChI is InChI=1S/C51H80O8/c1-6-10-14-18-22-28-36-56-48(52)41(5)47(51(55)59-39-31-25-21-17-13-9-4)44-33-27-26-32-43(44)42-34-35-45(49(53)57-37-29-23-19-15-11-7-2)46(40-42)50(54)58-38-30-24-20-16-12-8-3/h26-27,32-35,40-41,47H,6-25,28-31,36-39H2,1-5H3. The minimum Gasteiger partial charge on any atom is -0.465 e. The lowest BCUT2D eigenvalue weighted by Crippen LogP contribution is -2.30. The van der Waals surface area contributed by atoms with Gasteiger partial charge in [0.2, 0.25) is 0 Å². The Balaban J connectivity index is 2.41. The van der Waals surface area contributed by atoms with Crippen molar-refractivity contribution in [1.82, 2.24) is 0 Å². The topological polar surface area (TPSA) is 105 Å². The van der Waals surface area contributed by atoms with Crippen molar-refractivity contribution >= 4 is 23.9 Å². The molecule has 2 rings (SSSR count). The van der Waals surface area contributed by atoms with Gasteiger partial charge in [-0.3, -0.25) is 9.59 Å². The van der Waals surface area contributed by atoms with E-state index in [1.165, 1.54) is 51.4 Å². The van der Waals surface area contributed by atoms with Gasteiger partial charge in [0.15, 0.2) is 0 Å². The van der Waals surface area contributed by atoms with Gasteiger partial charge in [0.05, 0.1) is 49.4 Å². The number of unbranched alkanes of at least 4 members (excludes halogenated alkanes) is 20. The minimum absolute atomic E-state index is 0.116. The summed E-state index contributed by atoms with van der Waals surface area (Å²) in [6, 6.07) is 12.4. The van der Waals surface area contributed by atoms with E-state index in [0.29, 0.717) is 23.3 Å². The normalized spacial score (nSPS) is 12.2. The summed E-state index contributed by atoms with van der Waals surface area (Å²) in [5, 5.41) is 0. The Morgan fingerprint density at radius 3 is 1.31 bits per heavy atom. The van der Waals surface area contributed by atoms with Crippen LogP contribution in [0.2, 0.25) is 0 Å². The van der Waals surface area contributed by atoms with Crippen molar-refractivity contribution in [2.75, 3.05) is 26.4 Å². The van der Waals surface area contributed by atoms with Crippen molar-refractivity contribution in [3.05, 3.63) is 59.2 Å². The molecule has 0 saturated carbocycles. The van der Waals surface area contributed by atoms with Crippen molar-refractivity contribution in [3.8, 4) is 11.1 Å². The fourth-order valence-corrected chi connectivity index (χ4v) is 7.41. The van der Waals surface area contributed by atoms with Crippen LogP contribution in [0, 0.1) is 5.92 Å². The third-order valence-electron chi connectivity index (χ3n) is 11.1. The zero-order chi connectivity index (χ0) is 42.9. The Morgan fingerprint density at radius 2 is 0.831 bits per heavy atom. The number of ether oxygens (including phenoxy) is 4. The van der Waals surface area contributed by atoms with Gasteiger partial charge in [-0.1, -0.05) is 193 Å². The zero-order valence-electron chi connectivity index (χ0n) is 37.8. The molecule has 2 aromatic rings. The van der Waals surface area contributed by atoms with E-state index in [1.54, 1.807) is 25.1 Å². The van der Waals surface area contributed by atoms with Crippen molar-refractivity contribution in [3.63, 3.8) is 0 Å². The predicted octanol–water partition coefficient (Wildman–Crippen LogP) is 13.9. The van der Waals surface area contributed by atoms with Gasteiger partial charge in [0.25, 0.3) is 0 Å². The van der Waals surface area contributed by atoms with Crippen LogP contribution in [-0.2, 0) is 28.5 Å². The summed E-state index contributed by atoms with van der Waals surface area (Å²) in [6.45, 7) is 11.6. The molecule has 0 aliphatic rings. The van der Waals surface area contributed by atoms with Crippen LogP contribution in [0.5, 0.6) is 0 Å². The van der Waals surface area contributed by atoms with E-state index in [1.807, 2.05) is 24.3 Å². The average Bonchev–Trinajstić information content (AvgIpc) is 3.24. The molecule has 2 aromatic carbocycles. The highest BCUT2D eigenvalue weighted by molar-refractivity contribution is 6.04. The first-order chi connectivity index (χ1) is 28.8. The van der Waals surface area contributed by atoms with Crippen LogP contribution in [0.3, 0.4) is 0 Å². The minimum atomic E-state index is -0.951. The molecule has 0 spiro atoms. The molecule has 0 saturated heterocycles. The van der Waals surface area contributed by atoms with E-state index in [9.17, 15) is 19.2 Å². The highest BCUT2D eigenvalue weighted by atomic mass is 16.5. The molecule has 0 aromatic heterocycles. The average molecular weight is 821 g/mol. The SMILES string of the molecule is CCCCCCCCOC(=O)c1ccc(-c2ccccc2C(C(=O)OCCCCCCCC)C(C)C(=O)OCCCCCCCC)cc1C(=O)OCCCCCCCC. The maximum atomic E-state index is 14.1. The summed E-state index contributed by atoms with van der Waals surface area (Å²) in [6.07, 6.45) is 25.4. The van der Waals surface area contributed by atoms with Crippen molar-refractivity contribution in [2.45, 2.75) is 195 Å². The van der Waals surface area contributed by atoms with Crippen LogP contribution in [0.25, 0.3) is 11.1 Å². The summed E-state index contributed by atoms with van der Waals surface area (Å²) < 4.78 is 23.1. The Morgan fingerprint density at radius 1 is 0.441 bits per heavy atom. The molecule has 332 valence electrons. The smallest absolute Gasteiger partial charge is 0.339 e. The second-order valence-corrected chi connectivity index (χ2v) is 16.3. The van der Waals surface area contributed by atoms with Gasteiger partial charge >= 0.3 is 23.9 Å². The van der Waals surface area contributed by atoms with Gasteiger partial charge in [-0.15, -0.1) is 0 Å². The number of carbonyl (C=O) groups is 4. The molecule has 2 atom stereocenters. The third kappa shape index (κ3) is 20.9. The van der Waals surface area contributed by atoms with Gasteiger partial charge in [-0.25, -0.2) is 9.59 Å². The molecule has 59 heavy (non-hydrogen) atoms. The molecule has 8 heteroatoms. The predicted molar refractivity (Wildman–Crippen MR) is 240 cm³/mol. The summed E-state index contributed by atoms with van der Waals surface area (Å²) in [5.74, 6) is -3.87. The van der Waals surface area contributed by atoms with Crippen LogP contribution in [0.1, 0.15) is 221 Å². The first-order valence-corrected chi connectivity index (χ1v) is 23.7. The van der Waals surface area contributed by atoms with Crippen molar-refractivity contribution in [1.29, 1.82) is 0 Å². The van der Waals surface area contributed by atoms with E-state index in [0.717, 1.165) is 103 Å². The summed E-state index contributed by atoms with van der Waals surface area (Å²) >= 11 is 0. The van der Waals surface area contributed by atoms with E-state index in [4.69, 9.17) is 18.9 Å². The van der Waals surface area contributed by atoms with Crippen LogP contribution in [0.4, 0.5) is 0 Å². The lowest BCUT2D eigenvalue weighted by atomic mass is 9.82. The van der Waals surface area contributed by atoms with Crippen LogP contribution >= 0.6 is 0 Å². The zero-order valence-corrected chi connectivity index (χ0v) is 37.8. The van der Waals surface area contributed by atoms with Gasteiger partial charge in [-0.2, -0.15) is 0 Å². The molecule has 0 bridgehead atoms. The third-order valence-corrected chi connectivity index (χ3v) is 11.1. The molecule has 2 unspecified atom stereocenters. The monoisotopic (exact) mass is 821 g/mol. The van der Waals surface area contributed by atoms with E-state index in [-0.39, 0.29) is 30.9 Å². The fraction of sp³-hybridized carbons (Fsp3) is 0.686. The highest BCUT2D eigenvalue weighted by Gasteiger charge is 2.36. The van der Waals surface area contributed by atoms with Crippen LogP contribution in [-0.4, -0.2) is 50.3 Å². The van der Waals surface area contributed by atoms with E-state index >= 15 is 0 Å². The quantitative estimate of drug-likeness (QED) is 0.0384. The van der Waals surface area contributed by atoms with Gasteiger partial charge in [0, 0.05) is 0 Å². The lowest BCUT2D eigenvalue weighted by Gasteiger charge is -2.24. The number of hydrogen-bond donors (Lipinski definition) is 0. The molecule has 0 fully saturated rings. The maximum absolute atomic E-state index is 14.1. The number of esters is 4. The Labute approximate surface area is 358 Å². The Bertz CT molecular complexity index is 1450. The first-order valence-electron chi connectivity index (χ1n) is 23.7. The molecule has 0 radical (unpaired) electrons. The summed E-state index contributed by atoms with van der Waals surface area (Å²) in [4.78, 5) is 54.9. The van der Waals surface area contributed by atoms with Crippen LogP contribution < -0.4 is 0 Å². The summed E-state index contributed by atoms with van der Waals surface area (Å²) in [5.41, 5.74) is 2.12. The summed E-state index contributed by atoms with van der Waals surface area (Å²) in [7, 11) is 0. The molecule has 8 nitrogen and oxygen atoms in total. The van der Waals surface area contributed by atoms with E-state index in [2.05, 4.69) is 27.7 Å². The van der Waals surface area contributed by atoms with Gasteiger partial charge in [0.1, 0.15) is 0 Å². The van der Waals surface area contributed by atoms with Gasteiger partial charge < -0.3 is 18.9 Å². The fourth-order valence-electron chi connectivity index (χ4n) is 7.41. The molecular formula is C51H80O8. The molecular weight excluding hydrogens is 741 g/mol. The van der Waals surface area contributed by atoms with Gasteiger partial charge in [-0.05, 0) is 54.5 Å².